The summed E-state index contributed by atoms with van der Waals surface area (Å²) < 4.78 is 5.25. The van der Waals surface area contributed by atoms with Crippen LogP contribution in [0.15, 0.2) is 18.2 Å². The molecule has 0 saturated heterocycles. The van der Waals surface area contributed by atoms with Crippen molar-refractivity contribution < 1.29 is 4.74 Å². The lowest BCUT2D eigenvalue weighted by Gasteiger charge is -2.14. The van der Waals surface area contributed by atoms with Crippen LogP contribution < -0.4 is 15.8 Å². The Morgan fingerprint density at radius 2 is 2.18 bits per heavy atom. The molecule has 0 heterocycles. The maximum absolute atomic E-state index is 5.75. The first-order chi connectivity index (χ1) is 8.19. The van der Waals surface area contributed by atoms with Gasteiger partial charge in [-0.2, -0.15) is 0 Å². The second-order valence-electron chi connectivity index (χ2n) is 5.11. The van der Waals surface area contributed by atoms with Crippen molar-refractivity contribution in [3.63, 3.8) is 0 Å². The molecule has 0 aromatic heterocycles. The van der Waals surface area contributed by atoms with Crippen LogP contribution in [0.1, 0.15) is 24.0 Å². The molecule has 3 heteroatoms. The summed E-state index contributed by atoms with van der Waals surface area (Å²) in [5.41, 5.74) is 8.65. The third-order valence-electron chi connectivity index (χ3n) is 3.68. The highest BCUT2D eigenvalue weighted by Gasteiger charge is 2.40. The van der Waals surface area contributed by atoms with Crippen LogP contribution in [0.5, 0.6) is 5.75 Å². The van der Waals surface area contributed by atoms with Crippen LogP contribution in [0.25, 0.3) is 0 Å². The van der Waals surface area contributed by atoms with E-state index in [0.717, 1.165) is 25.4 Å². The Bertz CT molecular complexity index is 386. The Kier molecular flexibility index (Phi) is 3.69. The molecular formula is C14H22N2O. The van der Waals surface area contributed by atoms with Crippen LogP contribution >= 0.6 is 0 Å². The van der Waals surface area contributed by atoms with Gasteiger partial charge in [-0.1, -0.05) is 12.1 Å². The molecule has 1 fully saturated rings. The number of aryl methyl sites for hydroxylation is 1. The Labute approximate surface area is 103 Å². The lowest BCUT2D eigenvalue weighted by molar-refractivity contribution is 0.411. The number of methoxy groups -OCH3 is 1. The molecule has 3 nitrogen and oxygen atoms in total. The Hall–Kier alpha value is -1.06. The van der Waals surface area contributed by atoms with Gasteiger partial charge in [-0.05, 0) is 48.9 Å². The van der Waals surface area contributed by atoms with Gasteiger partial charge >= 0.3 is 0 Å². The predicted octanol–water partition coefficient (Wildman–Crippen LogP) is 1.83. The number of rotatable bonds is 6. The van der Waals surface area contributed by atoms with E-state index in [-0.39, 0.29) is 0 Å². The van der Waals surface area contributed by atoms with Crippen molar-refractivity contribution in [1.29, 1.82) is 0 Å². The van der Waals surface area contributed by atoms with Gasteiger partial charge in [-0.15, -0.1) is 0 Å². The minimum atomic E-state index is 0.404. The Morgan fingerprint density at radius 3 is 2.71 bits per heavy atom. The predicted molar refractivity (Wildman–Crippen MR) is 70.2 cm³/mol. The van der Waals surface area contributed by atoms with Gasteiger partial charge in [0.15, 0.2) is 0 Å². The van der Waals surface area contributed by atoms with Gasteiger partial charge < -0.3 is 15.8 Å². The van der Waals surface area contributed by atoms with Gasteiger partial charge in [0, 0.05) is 13.1 Å². The lowest BCUT2D eigenvalue weighted by Crippen LogP contribution is -2.29. The first-order valence-electron chi connectivity index (χ1n) is 6.23. The average molecular weight is 234 g/mol. The summed E-state index contributed by atoms with van der Waals surface area (Å²) in [4.78, 5) is 0. The Morgan fingerprint density at radius 1 is 1.41 bits per heavy atom. The molecule has 94 valence electrons. The summed E-state index contributed by atoms with van der Waals surface area (Å²) in [6, 6.07) is 6.32. The van der Waals surface area contributed by atoms with Crippen molar-refractivity contribution in [3.05, 3.63) is 29.3 Å². The number of nitrogens with one attached hydrogen (secondary N) is 1. The number of hydrogen-bond acceptors (Lipinski definition) is 3. The fourth-order valence-corrected chi connectivity index (χ4v) is 2.15. The maximum atomic E-state index is 5.75. The second kappa shape index (κ2) is 5.07. The zero-order valence-corrected chi connectivity index (χ0v) is 10.8. The molecule has 0 bridgehead atoms. The van der Waals surface area contributed by atoms with Crippen molar-refractivity contribution in [1.82, 2.24) is 5.32 Å². The molecule has 0 aliphatic heterocycles. The molecule has 0 unspecified atom stereocenters. The number of benzene rings is 1. The number of ether oxygens (including phenoxy) is 1. The van der Waals surface area contributed by atoms with E-state index in [1.807, 2.05) is 6.07 Å². The van der Waals surface area contributed by atoms with Crippen LogP contribution in [-0.4, -0.2) is 20.2 Å². The van der Waals surface area contributed by atoms with Gasteiger partial charge in [0.25, 0.3) is 0 Å². The van der Waals surface area contributed by atoms with Gasteiger partial charge in [0.1, 0.15) is 5.75 Å². The number of nitrogens with two attached hydrogens (primary N) is 1. The van der Waals surface area contributed by atoms with Crippen LogP contribution in [0.4, 0.5) is 0 Å². The zero-order valence-electron chi connectivity index (χ0n) is 10.8. The summed E-state index contributed by atoms with van der Waals surface area (Å²) in [6.45, 7) is 4.83. The molecule has 0 amide bonds. The van der Waals surface area contributed by atoms with Crippen molar-refractivity contribution >= 4 is 0 Å². The molecule has 3 N–H and O–H groups in total. The van der Waals surface area contributed by atoms with Gasteiger partial charge in [-0.25, -0.2) is 0 Å². The standard InChI is InChI=1S/C14H22N2O/c1-11-7-12(3-4-13(11)17-2)8-16-10-14(9-15)5-6-14/h3-4,7,16H,5-6,8-10,15H2,1-2H3. The highest BCUT2D eigenvalue weighted by Crippen LogP contribution is 2.43. The molecule has 17 heavy (non-hydrogen) atoms. The molecule has 0 spiro atoms. The molecule has 0 radical (unpaired) electrons. The quantitative estimate of drug-likeness (QED) is 0.789. The molecular weight excluding hydrogens is 212 g/mol. The van der Waals surface area contributed by atoms with Crippen LogP contribution in [-0.2, 0) is 6.54 Å². The summed E-state index contributed by atoms with van der Waals surface area (Å²) >= 11 is 0. The molecule has 1 saturated carbocycles. The van der Waals surface area contributed by atoms with E-state index < -0.39 is 0 Å². The van der Waals surface area contributed by atoms with E-state index in [1.54, 1.807) is 7.11 Å². The third-order valence-corrected chi connectivity index (χ3v) is 3.68. The monoisotopic (exact) mass is 234 g/mol. The van der Waals surface area contributed by atoms with Crippen molar-refractivity contribution in [2.75, 3.05) is 20.2 Å². The van der Waals surface area contributed by atoms with Crippen molar-refractivity contribution in [2.24, 2.45) is 11.1 Å². The van der Waals surface area contributed by atoms with Crippen LogP contribution in [0.2, 0.25) is 0 Å². The first kappa shape index (κ1) is 12.4. The largest absolute Gasteiger partial charge is 0.496 e. The second-order valence-corrected chi connectivity index (χ2v) is 5.11. The molecule has 2 rings (SSSR count). The average Bonchev–Trinajstić information content (AvgIpc) is 3.10. The van der Waals surface area contributed by atoms with Gasteiger partial charge in [0.2, 0.25) is 0 Å². The smallest absolute Gasteiger partial charge is 0.121 e. The van der Waals surface area contributed by atoms with Gasteiger partial charge in [0.05, 0.1) is 7.11 Å². The summed E-state index contributed by atoms with van der Waals surface area (Å²) in [7, 11) is 1.71. The van der Waals surface area contributed by atoms with E-state index in [9.17, 15) is 0 Å². The lowest BCUT2D eigenvalue weighted by atomic mass is 10.1. The van der Waals surface area contributed by atoms with E-state index >= 15 is 0 Å². The highest BCUT2D eigenvalue weighted by molar-refractivity contribution is 5.36. The molecule has 1 aliphatic rings. The van der Waals surface area contributed by atoms with Crippen molar-refractivity contribution in [2.45, 2.75) is 26.3 Å². The normalized spacial score (nSPS) is 16.9. The van der Waals surface area contributed by atoms with Crippen LogP contribution in [0, 0.1) is 12.3 Å². The van der Waals surface area contributed by atoms with Crippen molar-refractivity contribution in [3.8, 4) is 5.75 Å². The molecule has 1 aromatic carbocycles. The summed E-state index contributed by atoms with van der Waals surface area (Å²) in [6.07, 6.45) is 2.55. The zero-order chi connectivity index (χ0) is 12.3. The van der Waals surface area contributed by atoms with Crippen LogP contribution in [0.3, 0.4) is 0 Å². The topological polar surface area (TPSA) is 47.3 Å². The first-order valence-corrected chi connectivity index (χ1v) is 6.23. The third kappa shape index (κ3) is 2.99. The number of hydrogen-bond donors (Lipinski definition) is 2. The fourth-order valence-electron chi connectivity index (χ4n) is 2.15. The van der Waals surface area contributed by atoms with E-state index in [2.05, 4.69) is 24.4 Å². The minimum Gasteiger partial charge on any atom is -0.496 e. The van der Waals surface area contributed by atoms with Gasteiger partial charge in [-0.3, -0.25) is 0 Å². The molecule has 0 atom stereocenters. The summed E-state index contributed by atoms with van der Waals surface area (Å²) in [5.74, 6) is 0.953. The fraction of sp³-hybridized carbons (Fsp3) is 0.571. The van der Waals surface area contributed by atoms with E-state index in [4.69, 9.17) is 10.5 Å². The van der Waals surface area contributed by atoms with E-state index in [1.165, 1.54) is 24.0 Å². The maximum Gasteiger partial charge on any atom is 0.121 e. The molecule has 1 aromatic rings. The van der Waals surface area contributed by atoms with E-state index in [0.29, 0.717) is 5.41 Å². The summed E-state index contributed by atoms with van der Waals surface area (Å²) in [5, 5.41) is 3.50. The molecule has 1 aliphatic carbocycles. The highest BCUT2D eigenvalue weighted by atomic mass is 16.5. The SMILES string of the molecule is COc1ccc(CNCC2(CN)CC2)cc1C. The Balaban J connectivity index is 1.85. The minimum absolute atomic E-state index is 0.404.